The van der Waals surface area contributed by atoms with Crippen molar-refractivity contribution >= 4 is 16.6 Å². The molecule has 0 spiro atoms. The standard InChI is InChI=1S/C24H25N3/c1-2-24-12-7-14-26-15-11-18-17-8-3-4-10-20(17)27(22(18)23(24)26)21(16-24)19-9-5-6-13-25-19/h3-6,8-10,13,16,23H,2,7,11-12,14-15H2,1H3/t23-,24+/m1/s1. The monoisotopic (exact) mass is 355 g/mol. The van der Waals surface area contributed by atoms with Gasteiger partial charge in [-0.05, 0) is 62.1 Å². The average molecular weight is 355 g/mol. The van der Waals surface area contributed by atoms with E-state index in [1.165, 1.54) is 49.0 Å². The Hall–Kier alpha value is -2.39. The van der Waals surface area contributed by atoms with Gasteiger partial charge in [0.15, 0.2) is 0 Å². The van der Waals surface area contributed by atoms with Crippen LogP contribution in [0.3, 0.4) is 0 Å². The summed E-state index contributed by atoms with van der Waals surface area (Å²) in [5.74, 6) is 0. The van der Waals surface area contributed by atoms with E-state index < -0.39 is 0 Å². The maximum atomic E-state index is 4.75. The zero-order valence-corrected chi connectivity index (χ0v) is 15.9. The number of para-hydroxylation sites is 1. The predicted molar refractivity (Wildman–Crippen MR) is 110 cm³/mol. The van der Waals surface area contributed by atoms with Crippen LogP contribution in [0.2, 0.25) is 0 Å². The molecule has 3 heteroatoms. The van der Waals surface area contributed by atoms with Crippen LogP contribution >= 0.6 is 0 Å². The fraction of sp³-hybridized carbons (Fsp3) is 0.375. The number of piperidine rings is 1. The molecule has 27 heavy (non-hydrogen) atoms. The van der Waals surface area contributed by atoms with Crippen molar-refractivity contribution in [3.05, 3.63) is 71.7 Å². The summed E-state index contributed by atoms with van der Waals surface area (Å²) in [5.41, 5.74) is 7.08. The Balaban J connectivity index is 1.74. The number of rotatable bonds is 2. The zero-order chi connectivity index (χ0) is 18.0. The molecule has 0 saturated carbocycles. The van der Waals surface area contributed by atoms with Crippen LogP contribution in [0.15, 0.2) is 54.7 Å². The molecule has 6 rings (SSSR count). The van der Waals surface area contributed by atoms with Crippen LogP contribution in [-0.2, 0) is 6.42 Å². The minimum Gasteiger partial charge on any atom is -0.310 e. The summed E-state index contributed by atoms with van der Waals surface area (Å²) in [6.07, 6.45) is 9.43. The van der Waals surface area contributed by atoms with Crippen molar-refractivity contribution in [2.24, 2.45) is 5.41 Å². The molecule has 1 fully saturated rings. The molecule has 0 aliphatic carbocycles. The average Bonchev–Trinajstić information content (AvgIpc) is 3.08. The van der Waals surface area contributed by atoms with E-state index in [1.807, 2.05) is 12.3 Å². The molecule has 2 atom stereocenters. The number of fused-ring (bicyclic) bond motifs is 3. The largest absolute Gasteiger partial charge is 0.310 e. The topological polar surface area (TPSA) is 21.1 Å². The summed E-state index contributed by atoms with van der Waals surface area (Å²) in [4.78, 5) is 7.52. The van der Waals surface area contributed by atoms with Gasteiger partial charge in [-0.2, -0.15) is 0 Å². The smallest absolute Gasteiger partial charge is 0.0866 e. The van der Waals surface area contributed by atoms with Crippen LogP contribution < -0.4 is 0 Å². The van der Waals surface area contributed by atoms with Crippen molar-refractivity contribution in [1.82, 2.24) is 14.5 Å². The van der Waals surface area contributed by atoms with Gasteiger partial charge in [-0.15, -0.1) is 0 Å². The normalized spacial score (nSPS) is 26.7. The van der Waals surface area contributed by atoms with E-state index >= 15 is 0 Å². The number of benzene rings is 1. The van der Waals surface area contributed by atoms with E-state index in [-0.39, 0.29) is 5.41 Å². The number of aromatic nitrogens is 2. The lowest BCUT2D eigenvalue weighted by atomic mass is 9.66. The molecule has 3 aromatic rings. The number of pyridine rings is 1. The van der Waals surface area contributed by atoms with Gasteiger partial charge in [-0.3, -0.25) is 9.88 Å². The van der Waals surface area contributed by atoms with Gasteiger partial charge in [0.25, 0.3) is 0 Å². The van der Waals surface area contributed by atoms with Gasteiger partial charge >= 0.3 is 0 Å². The van der Waals surface area contributed by atoms with Crippen LogP contribution in [0, 0.1) is 5.41 Å². The van der Waals surface area contributed by atoms with Crippen LogP contribution in [0.1, 0.15) is 49.2 Å². The zero-order valence-electron chi connectivity index (χ0n) is 15.9. The van der Waals surface area contributed by atoms with Crippen LogP contribution in [0.4, 0.5) is 0 Å². The Morgan fingerprint density at radius 1 is 1.11 bits per heavy atom. The van der Waals surface area contributed by atoms with E-state index in [9.17, 15) is 0 Å². The van der Waals surface area contributed by atoms with Gasteiger partial charge in [-0.25, -0.2) is 0 Å². The van der Waals surface area contributed by atoms with E-state index in [2.05, 4.69) is 58.9 Å². The van der Waals surface area contributed by atoms with Gasteiger partial charge in [0.2, 0.25) is 0 Å². The highest BCUT2D eigenvalue weighted by Crippen LogP contribution is 2.57. The fourth-order valence-electron chi connectivity index (χ4n) is 5.98. The number of nitrogens with zero attached hydrogens (tertiary/aromatic N) is 3. The van der Waals surface area contributed by atoms with Crippen molar-refractivity contribution in [1.29, 1.82) is 0 Å². The summed E-state index contributed by atoms with van der Waals surface area (Å²) in [5, 5.41) is 1.44. The van der Waals surface area contributed by atoms with Gasteiger partial charge in [-0.1, -0.05) is 31.2 Å². The maximum Gasteiger partial charge on any atom is 0.0866 e. The molecule has 0 radical (unpaired) electrons. The summed E-state index contributed by atoms with van der Waals surface area (Å²) in [6, 6.07) is 15.8. The van der Waals surface area contributed by atoms with Gasteiger partial charge in [0.1, 0.15) is 0 Å². The first-order chi connectivity index (χ1) is 13.3. The van der Waals surface area contributed by atoms with E-state index in [0.717, 1.165) is 12.1 Å². The molecular weight excluding hydrogens is 330 g/mol. The minimum absolute atomic E-state index is 0.227. The van der Waals surface area contributed by atoms with E-state index in [4.69, 9.17) is 4.98 Å². The Labute approximate surface area is 160 Å². The molecule has 3 aliphatic rings. The Kier molecular flexibility index (Phi) is 3.22. The molecule has 0 unspecified atom stereocenters. The SMILES string of the molecule is CC[C@@]12C=C(c3ccccn3)n3c4c(c5ccccc53)CCN(CCC1)[C@H]42. The Bertz CT molecular complexity index is 1060. The second-order valence-corrected chi connectivity index (χ2v) is 8.34. The highest BCUT2D eigenvalue weighted by Gasteiger charge is 2.50. The molecule has 2 aromatic heterocycles. The summed E-state index contributed by atoms with van der Waals surface area (Å²) >= 11 is 0. The first-order valence-corrected chi connectivity index (χ1v) is 10.3. The summed E-state index contributed by atoms with van der Waals surface area (Å²) in [7, 11) is 0. The van der Waals surface area contributed by atoms with Crippen molar-refractivity contribution in [3.63, 3.8) is 0 Å². The molecule has 3 nitrogen and oxygen atoms in total. The first-order valence-electron chi connectivity index (χ1n) is 10.3. The number of hydrogen-bond acceptors (Lipinski definition) is 2. The predicted octanol–water partition coefficient (Wildman–Crippen LogP) is 5.03. The molecule has 0 amide bonds. The van der Waals surface area contributed by atoms with Crippen molar-refractivity contribution in [2.45, 2.75) is 38.6 Å². The Morgan fingerprint density at radius 2 is 2.00 bits per heavy atom. The second-order valence-electron chi connectivity index (χ2n) is 8.34. The third-order valence-electron chi connectivity index (χ3n) is 7.18. The van der Waals surface area contributed by atoms with E-state index in [0.29, 0.717) is 6.04 Å². The van der Waals surface area contributed by atoms with Crippen molar-refractivity contribution in [3.8, 4) is 0 Å². The molecule has 0 bridgehead atoms. The molecule has 136 valence electrons. The molecule has 5 heterocycles. The number of hydrogen-bond donors (Lipinski definition) is 0. The van der Waals surface area contributed by atoms with E-state index in [1.54, 1.807) is 11.3 Å². The maximum absolute atomic E-state index is 4.75. The minimum atomic E-state index is 0.227. The third-order valence-corrected chi connectivity index (χ3v) is 7.18. The van der Waals surface area contributed by atoms with Crippen LogP contribution in [-0.4, -0.2) is 27.5 Å². The third kappa shape index (κ3) is 1.98. The molecule has 1 aromatic carbocycles. The summed E-state index contributed by atoms with van der Waals surface area (Å²) < 4.78 is 2.54. The van der Waals surface area contributed by atoms with Crippen molar-refractivity contribution < 1.29 is 0 Å². The van der Waals surface area contributed by atoms with Gasteiger partial charge < -0.3 is 4.57 Å². The summed E-state index contributed by atoms with van der Waals surface area (Å²) in [6.45, 7) is 4.81. The van der Waals surface area contributed by atoms with Gasteiger partial charge in [0.05, 0.1) is 22.9 Å². The molecule has 0 N–H and O–H groups in total. The molecule has 3 aliphatic heterocycles. The van der Waals surface area contributed by atoms with Gasteiger partial charge in [0, 0.05) is 29.2 Å². The molecular formula is C24H25N3. The fourth-order valence-corrected chi connectivity index (χ4v) is 5.98. The van der Waals surface area contributed by atoms with Crippen molar-refractivity contribution in [2.75, 3.05) is 13.1 Å². The highest BCUT2D eigenvalue weighted by molar-refractivity contribution is 5.91. The first kappa shape index (κ1) is 15.6. The highest BCUT2D eigenvalue weighted by atomic mass is 15.2. The lowest BCUT2D eigenvalue weighted by Gasteiger charge is -2.53. The Morgan fingerprint density at radius 3 is 2.85 bits per heavy atom. The van der Waals surface area contributed by atoms with Crippen LogP contribution in [0.5, 0.6) is 0 Å². The lowest BCUT2D eigenvalue weighted by molar-refractivity contribution is 0.0271. The quantitative estimate of drug-likeness (QED) is 0.643. The second kappa shape index (κ2) is 5.56. The molecule has 1 saturated heterocycles. The lowest BCUT2D eigenvalue weighted by Crippen LogP contribution is -2.50. The van der Waals surface area contributed by atoms with Crippen LogP contribution in [0.25, 0.3) is 16.6 Å².